The largest absolute Gasteiger partial charge is 1.00 e. The molecule has 0 aliphatic rings. The van der Waals surface area contributed by atoms with Gasteiger partial charge in [0, 0.05) is 13.5 Å². The molecule has 0 spiro atoms. The van der Waals surface area contributed by atoms with Crippen molar-refractivity contribution in [3.05, 3.63) is 0 Å². The molecule has 6 nitrogen and oxygen atoms in total. The molecule has 0 saturated heterocycles. The predicted octanol–water partition coefficient (Wildman–Crippen LogP) is -3.20. The maximum Gasteiger partial charge on any atom is 1.00 e. The number of hydrogen-bond donors (Lipinski definition) is 3. The Bertz CT molecular complexity index is 166. The zero-order chi connectivity index (χ0) is 10.6. The molecule has 0 aliphatic heterocycles. The van der Waals surface area contributed by atoms with Crippen LogP contribution in [0.1, 0.15) is 15.3 Å². The average molecular weight is 201 g/mol. The van der Waals surface area contributed by atoms with Gasteiger partial charge in [0.1, 0.15) is 0 Å². The van der Waals surface area contributed by atoms with Gasteiger partial charge in [0.15, 0.2) is 6.07 Å². The molecule has 0 aromatic carbocycles. The van der Waals surface area contributed by atoms with E-state index in [0.29, 0.717) is 0 Å². The van der Waals surface area contributed by atoms with Crippen LogP contribution in [-0.4, -0.2) is 33.9 Å². The van der Waals surface area contributed by atoms with Crippen molar-refractivity contribution in [2.75, 3.05) is 6.61 Å². The number of nitrogens with zero attached hydrogens (tertiary/aromatic N) is 1. The first-order chi connectivity index (χ1) is 5.42. The Morgan fingerprint density at radius 1 is 1.46 bits per heavy atom. The Labute approximate surface area is 99.6 Å². The van der Waals surface area contributed by atoms with E-state index < -0.39 is 11.9 Å². The molecule has 7 heteroatoms. The summed E-state index contributed by atoms with van der Waals surface area (Å²) in [6.07, 6.45) is 0. The molecule has 0 saturated carbocycles. The van der Waals surface area contributed by atoms with Gasteiger partial charge in [0.25, 0.3) is 5.97 Å². The zero-order valence-electron chi connectivity index (χ0n) is 8.81. The summed E-state index contributed by atoms with van der Waals surface area (Å²) in [5.41, 5.74) is 0. The first kappa shape index (κ1) is 22.8. The van der Waals surface area contributed by atoms with Crippen molar-refractivity contribution < 1.29 is 55.9 Å². The molecular weight excluding hydrogens is 189 g/mol. The number of carboxylic acid groups (broad SMARTS) is 2. The van der Waals surface area contributed by atoms with Gasteiger partial charge in [-0.1, -0.05) is 0 Å². The number of aliphatic carboxylic acids is 2. The first-order valence-corrected chi connectivity index (χ1v) is 2.85. The monoisotopic (exact) mass is 201 g/mol. The third-order valence-electron chi connectivity index (χ3n) is 0.0956. The van der Waals surface area contributed by atoms with Crippen LogP contribution >= 0.6 is 0 Å². The SMILES string of the molecule is CC(=O)O.CCO.N#CC(=O)O.[H-].[Na+]. The van der Waals surface area contributed by atoms with E-state index in [1.54, 1.807) is 6.92 Å². The fraction of sp³-hybridized carbons (Fsp3) is 0.500. The predicted molar refractivity (Wildman–Crippen MR) is 40.4 cm³/mol. The quantitative estimate of drug-likeness (QED) is 0.216. The molecule has 0 aromatic heterocycles. The minimum absolute atomic E-state index is 0. The van der Waals surface area contributed by atoms with Gasteiger partial charge in [-0.3, -0.25) is 4.79 Å². The molecule has 0 aromatic rings. The molecule has 72 valence electrons. The van der Waals surface area contributed by atoms with E-state index in [9.17, 15) is 0 Å². The van der Waals surface area contributed by atoms with Gasteiger partial charge in [-0.05, 0) is 6.92 Å². The van der Waals surface area contributed by atoms with Crippen LogP contribution in [0.15, 0.2) is 0 Å². The Hall–Kier alpha value is -0.610. The number of hydrogen-bond acceptors (Lipinski definition) is 4. The maximum atomic E-state index is 9.01. The number of nitriles is 1. The molecule has 0 radical (unpaired) electrons. The van der Waals surface area contributed by atoms with Crippen molar-refractivity contribution >= 4 is 11.9 Å². The zero-order valence-corrected chi connectivity index (χ0v) is 9.81. The number of carboxylic acids is 2. The van der Waals surface area contributed by atoms with Crippen molar-refractivity contribution in [2.45, 2.75) is 13.8 Å². The topological polar surface area (TPSA) is 119 Å². The molecule has 0 atom stereocenters. The fourth-order valence-electron chi connectivity index (χ4n) is 0. The minimum Gasteiger partial charge on any atom is -1.00 e. The van der Waals surface area contributed by atoms with Gasteiger partial charge in [-0.15, -0.1) is 0 Å². The standard InChI is InChI=1S/C2HNO2.C2H4O2.C2H6O.Na.H/c3-1-2(4)5;1-2(3)4;1-2-3;;/h(H,4,5);1H3,(H,3,4);3H,2H2,1H3;;/q;;;+1;-1. The van der Waals surface area contributed by atoms with Gasteiger partial charge in [0.2, 0.25) is 0 Å². The van der Waals surface area contributed by atoms with Crippen molar-refractivity contribution in [1.82, 2.24) is 0 Å². The summed E-state index contributed by atoms with van der Waals surface area (Å²) >= 11 is 0. The second-order valence-electron chi connectivity index (χ2n) is 1.25. The molecule has 0 aliphatic carbocycles. The van der Waals surface area contributed by atoms with Crippen LogP contribution in [-0.2, 0) is 9.59 Å². The van der Waals surface area contributed by atoms with Crippen LogP contribution < -0.4 is 29.6 Å². The van der Waals surface area contributed by atoms with E-state index in [-0.39, 0.29) is 37.6 Å². The van der Waals surface area contributed by atoms with E-state index in [1.807, 2.05) is 0 Å². The smallest absolute Gasteiger partial charge is 1.00 e. The van der Waals surface area contributed by atoms with E-state index >= 15 is 0 Å². The number of rotatable bonds is 0. The molecule has 0 amide bonds. The molecule has 3 N–H and O–H groups in total. The van der Waals surface area contributed by atoms with Crippen LogP contribution in [0.4, 0.5) is 0 Å². The second-order valence-corrected chi connectivity index (χ2v) is 1.25. The molecule has 0 unspecified atom stereocenters. The average Bonchev–Trinajstić information content (AvgIpc) is 1.88. The van der Waals surface area contributed by atoms with Gasteiger partial charge in [0.05, 0.1) is 0 Å². The Morgan fingerprint density at radius 2 is 1.54 bits per heavy atom. The summed E-state index contributed by atoms with van der Waals surface area (Å²) in [5.74, 6) is -2.27. The summed E-state index contributed by atoms with van der Waals surface area (Å²) in [6, 6.07) is 0.944. The van der Waals surface area contributed by atoms with Gasteiger partial charge in [-0.2, -0.15) is 5.26 Å². The van der Waals surface area contributed by atoms with Crippen LogP contribution in [0, 0.1) is 11.3 Å². The van der Waals surface area contributed by atoms with Crippen molar-refractivity contribution in [3.8, 4) is 6.07 Å². The van der Waals surface area contributed by atoms with Crippen molar-refractivity contribution in [1.29, 1.82) is 5.26 Å². The number of carbonyl (C=O) groups is 2. The van der Waals surface area contributed by atoms with E-state index in [2.05, 4.69) is 0 Å². The summed E-state index contributed by atoms with van der Waals surface area (Å²) in [6.45, 7) is 3.01. The Kier molecular flexibility index (Phi) is 39.5. The minimum atomic E-state index is -1.44. The molecular formula is C6H12NNaO5. The Morgan fingerprint density at radius 3 is 1.54 bits per heavy atom. The van der Waals surface area contributed by atoms with Gasteiger partial charge in [-0.25, -0.2) is 4.79 Å². The van der Waals surface area contributed by atoms with E-state index in [1.165, 1.54) is 0 Å². The molecule has 0 rings (SSSR count). The van der Waals surface area contributed by atoms with E-state index in [4.69, 9.17) is 30.2 Å². The van der Waals surface area contributed by atoms with Gasteiger partial charge >= 0.3 is 35.5 Å². The normalized spacial score (nSPS) is 5.38. The second kappa shape index (κ2) is 22.5. The molecule has 13 heavy (non-hydrogen) atoms. The molecule has 0 fully saturated rings. The summed E-state index contributed by atoms with van der Waals surface area (Å²) in [4.78, 5) is 18.0. The number of aliphatic hydroxyl groups excluding tert-OH is 1. The molecule has 0 bridgehead atoms. The van der Waals surface area contributed by atoms with Crippen LogP contribution in [0.25, 0.3) is 0 Å². The van der Waals surface area contributed by atoms with E-state index in [0.717, 1.165) is 13.0 Å². The fourth-order valence-corrected chi connectivity index (χ4v) is 0. The third kappa shape index (κ3) is 520. The first-order valence-electron chi connectivity index (χ1n) is 2.85. The van der Waals surface area contributed by atoms with Crippen LogP contribution in [0.3, 0.4) is 0 Å². The third-order valence-corrected chi connectivity index (χ3v) is 0.0956. The molecule has 0 heterocycles. The maximum absolute atomic E-state index is 9.01. The summed E-state index contributed by atoms with van der Waals surface area (Å²) in [7, 11) is 0. The van der Waals surface area contributed by atoms with Crippen LogP contribution in [0.5, 0.6) is 0 Å². The summed E-state index contributed by atoms with van der Waals surface area (Å²) < 4.78 is 0. The van der Waals surface area contributed by atoms with Crippen molar-refractivity contribution in [3.63, 3.8) is 0 Å². The Balaban J connectivity index is -0.0000000278. The van der Waals surface area contributed by atoms with Crippen LogP contribution in [0.2, 0.25) is 0 Å². The number of aliphatic hydroxyl groups is 1. The summed E-state index contributed by atoms with van der Waals surface area (Å²) in [5, 5.41) is 29.6. The van der Waals surface area contributed by atoms with Crippen molar-refractivity contribution in [2.24, 2.45) is 0 Å². The van der Waals surface area contributed by atoms with Gasteiger partial charge < -0.3 is 16.7 Å².